The first-order valence-corrected chi connectivity index (χ1v) is 9.02. The van der Waals surface area contributed by atoms with Crippen LogP contribution >= 0.6 is 11.8 Å². The molecule has 128 valence electrons. The standard InChI is InChI=1S/C16H24N2O4S/c1-10-12(11(2)22-18-10)8-23-9-14(19)17-16(3)7-5-4-6-13(16)15(20)21/h13H,4-9H2,1-3H3,(H,17,19)(H,20,21). The highest BCUT2D eigenvalue weighted by Gasteiger charge is 2.42. The zero-order valence-corrected chi connectivity index (χ0v) is 14.7. The van der Waals surface area contributed by atoms with Gasteiger partial charge in [-0.05, 0) is 33.6 Å². The van der Waals surface area contributed by atoms with Gasteiger partial charge in [0, 0.05) is 11.3 Å². The highest BCUT2D eigenvalue weighted by molar-refractivity contribution is 7.99. The van der Waals surface area contributed by atoms with E-state index in [0.29, 0.717) is 24.3 Å². The highest BCUT2D eigenvalue weighted by atomic mass is 32.2. The van der Waals surface area contributed by atoms with Crippen molar-refractivity contribution in [2.75, 3.05) is 5.75 Å². The molecule has 1 aliphatic carbocycles. The van der Waals surface area contributed by atoms with E-state index in [9.17, 15) is 14.7 Å². The van der Waals surface area contributed by atoms with Gasteiger partial charge in [0.05, 0.1) is 22.9 Å². The topological polar surface area (TPSA) is 92.4 Å². The van der Waals surface area contributed by atoms with E-state index in [-0.39, 0.29) is 5.91 Å². The summed E-state index contributed by atoms with van der Waals surface area (Å²) in [6.07, 6.45) is 3.19. The van der Waals surface area contributed by atoms with Crippen molar-refractivity contribution < 1.29 is 19.2 Å². The number of aromatic nitrogens is 1. The van der Waals surface area contributed by atoms with Gasteiger partial charge in [-0.15, -0.1) is 11.8 Å². The SMILES string of the molecule is Cc1noc(C)c1CSCC(=O)NC1(C)CCCCC1C(=O)O. The fraction of sp³-hybridized carbons (Fsp3) is 0.688. The van der Waals surface area contributed by atoms with Crippen molar-refractivity contribution in [2.45, 2.75) is 57.7 Å². The van der Waals surface area contributed by atoms with Gasteiger partial charge in [0.15, 0.2) is 0 Å². The summed E-state index contributed by atoms with van der Waals surface area (Å²) in [5.74, 6) is 0.293. The number of thioether (sulfide) groups is 1. The largest absolute Gasteiger partial charge is 0.481 e. The summed E-state index contributed by atoms with van der Waals surface area (Å²) in [4.78, 5) is 23.6. The van der Waals surface area contributed by atoms with Crippen LogP contribution in [0.4, 0.5) is 0 Å². The molecule has 1 heterocycles. The molecule has 2 N–H and O–H groups in total. The molecular formula is C16H24N2O4S. The molecule has 0 spiro atoms. The van der Waals surface area contributed by atoms with Crippen LogP contribution in [0, 0.1) is 19.8 Å². The normalized spacial score (nSPS) is 24.4. The van der Waals surface area contributed by atoms with Crippen LogP contribution in [-0.4, -0.2) is 33.4 Å². The Morgan fingerprint density at radius 3 is 2.78 bits per heavy atom. The molecule has 23 heavy (non-hydrogen) atoms. The van der Waals surface area contributed by atoms with Crippen molar-refractivity contribution >= 4 is 23.6 Å². The van der Waals surface area contributed by atoms with Crippen LogP contribution in [0.25, 0.3) is 0 Å². The Bertz CT molecular complexity index is 567. The Balaban J connectivity index is 1.87. The number of hydrogen-bond donors (Lipinski definition) is 2. The quantitative estimate of drug-likeness (QED) is 0.827. The van der Waals surface area contributed by atoms with Crippen molar-refractivity contribution in [1.29, 1.82) is 0 Å². The number of rotatable bonds is 6. The minimum atomic E-state index is -0.823. The Kier molecular flexibility index (Phi) is 5.73. The first kappa shape index (κ1) is 17.8. The molecule has 2 atom stereocenters. The van der Waals surface area contributed by atoms with E-state index in [1.807, 2.05) is 20.8 Å². The average molecular weight is 340 g/mol. The minimum Gasteiger partial charge on any atom is -0.481 e. The number of aryl methyl sites for hydroxylation is 2. The first-order chi connectivity index (χ1) is 10.8. The maximum absolute atomic E-state index is 12.2. The van der Waals surface area contributed by atoms with Gasteiger partial charge < -0.3 is 14.9 Å². The van der Waals surface area contributed by atoms with E-state index in [4.69, 9.17) is 4.52 Å². The summed E-state index contributed by atoms with van der Waals surface area (Å²) in [6, 6.07) is 0. The fourth-order valence-electron chi connectivity index (χ4n) is 3.19. The predicted octanol–water partition coefficient (Wildman–Crippen LogP) is 2.67. The van der Waals surface area contributed by atoms with Crippen LogP contribution in [0.2, 0.25) is 0 Å². The minimum absolute atomic E-state index is 0.114. The van der Waals surface area contributed by atoms with E-state index >= 15 is 0 Å². The monoisotopic (exact) mass is 340 g/mol. The fourth-order valence-corrected chi connectivity index (χ4v) is 4.16. The summed E-state index contributed by atoms with van der Waals surface area (Å²) >= 11 is 1.48. The second-order valence-electron chi connectivity index (χ2n) is 6.40. The van der Waals surface area contributed by atoms with Gasteiger partial charge >= 0.3 is 5.97 Å². The van der Waals surface area contributed by atoms with Crippen molar-refractivity contribution in [1.82, 2.24) is 10.5 Å². The number of nitrogens with one attached hydrogen (secondary N) is 1. The molecule has 0 aliphatic heterocycles. The molecule has 1 fully saturated rings. The van der Waals surface area contributed by atoms with Gasteiger partial charge in [0.2, 0.25) is 5.91 Å². The molecule has 6 nitrogen and oxygen atoms in total. The Morgan fingerprint density at radius 1 is 1.43 bits per heavy atom. The van der Waals surface area contributed by atoms with Gasteiger partial charge in [-0.1, -0.05) is 18.0 Å². The van der Waals surface area contributed by atoms with Crippen molar-refractivity contribution in [2.24, 2.45) is 5.92 Å². The van der Waals surface area contributed by atoms with Gasteiger partial charge in [0.1, 0.15) is 5.76 Å². The molecule has 2 rings (SSSR count). The lowest BCUT2D eigenvalue weighted by Gasteiger charge is -2.39. The predicted molar refractivity (Wildman–Crippen MR) is 88.3 cm³/mol. The third-order valence-corrected chi connectivity index (χ3v) is 5.55. The first-order valence-electron chi connectivity index (χ1n) is 7.87. The molecule has 0 aromatic carbocycles. The zero-order chi connectivity index (χ0) is 17.0. The lowest BCUT2D eigenvalue weighted by molar-refractivity contribution is -0.146. The molecule has 2 unspecified atom stereocenters. The number of aliphatic carboxylic acids is 1. The molecule has 0 radical (unpaired) electrons. The number of amides is 1. The lowest BCUT2D eigenvalue weighted by Crippen LogP contribution is -2.55. The van der Waals surface area contributed by atoms with Crippen molar-refractivity contribution in [3.8, 4) is 0 Å². The van der Waals surface area contributed by atoms with Crippen LogP contribution in [0.3, 0.4) is 0 Å². The molecule has 1 amide bonds. The number of carbonyl (C=O) groups is 2. The maximum Gasteiger partial charge on any atom is 0.308 e. The molecule has 0 bridgehead atoms. The Labute approximate surface area is 140 Å². The number of hydrogen-bond acceptors (Lipinski definition) is 5. The highest BCUT2D eigenvalue weighted by Crippen LogP contribution is 2.34. The third-order valence-electron chi connectivity index (χ3n) is 4.59. The summed E-state index contributed by atoms with van der Waals surface area (Å²) in [6.45, 7) is 5.59. The van der Waals surface area contributed by atoms with Crippen LogP contribution in [0.15, 0.2) is 4.52 Å². The number of carbonyl (C=O) groups excluding carboxylic acids is 1. The number of carboxylic acids is 1. The molecule has 1 aliphatic rings. The van der Waals surface area contributed by atoms with Crippen LogP contribution < -0.4 is 5.32 Å². The molecule has 0 saturated heterocycles. The Morgan fingerprint density at radius 2 is 2.17 bits per heavy atom. The van der Waals surface area contributed by atoms with E-state index in [0.717, 1.165) is 29.9 Å². The summed E-state index contributed by atoms with van der Waals surface area (Å²) < 4.78 is 5.10. The molecule has 1 aromatic rings. The lowest BCUT2D eigenvalue weighted by atomic mass is 9.74. The van der Waals surface area contributed by atoms with E-state index in [1.54, 1.807) is 0 Å². The summed E-state index contributed by atoms with van der Waals surface area (Å²) in [5.41, 5.74) is 1.22. The second-order valence-corrected chi connectivity index (χ2v) is 7.38. The van der Waals surface area contributed by atoms with Crippen LogP contribution in [0.1, 0.15) is 49.6 Å². The zero-order valence-electron chi connectivity index (χ0n) is 13.8. The number of carboxylic acid groups (broad SMARTS) is 1. The van der Waals surface area contributed by atoms with Crippen molar-refractivity contribution in [3.05, 3.63) is 17.0 Å². The second kappa shape index (κ2) is 7.38. The van der Waals surface area contributed by atoms with Gasteiger partial charge in [-0.2, -0.15) is 0 Å². The summed E-state index contributed by atoms with van der Waals surface area (Å²) in [5, 5.41) is 16.2. The van der Waals surface area contributed by atoms with Crippen LogP contribution in [0.5, 0.6) is 0 Å². The van der Waals surface area contributed by atoms with E-state index in [1.165, 1.54) is 11.8 Å². The van der Waals surface area contributed by atoms with E-state index < -0.39 is 17.4 Å². The molecule has 1 aromatic heterocycles. The smallest absolute Gasteiger partial charge is 0.308 e. The summed E-state index contributed by atoms with van der Waals surface area (Å²) in [7, 11) is 0. The Hall–Kier alpha value is -1.50. The average Bonchev–Trinajstić information content (AvgIpc) is 2.78. The maximum atomic E-state index is 12.2. The van der Waals surface area contributed by atoms with Gasteiger partial charge in [0.25, 0.3) is 0 Å². The van der Waals surface area contributed by atoms with Gasteiger partial charge in [-0.25, -0.2) is 0 Å². The van der Waals surface area contributed by atoms with Crippen molar-refractivity contribution in [3.63, 3.8) is 0 Å². The number of nitrogens with zero attached hydrogens (tertiary/aromatic N) is 1. The molecule has 1 saturated carbocycles. The molecular weight excluding hydrogens is 316 g/mol. The molecule has 7 heteroatoms. The van der Waals surface area contributed by atoms with Crippen LogP contribution in [-0.2, 0) is 15.3 Å². The third kappa shape index (κ3) is 4.28. The van der Waals surface area contributed by atoms with E-state index in [2.05, 4.69) is 10.5 Å². The van der Waals surface area contributed by atoms with Gasteiger partial charge in [-0.3, -0.25) is 9.59 Å².